The molecule has 0 unspecified atom stereocenters. The maximum absolute atomic E-state index is 13.6. The Hall–Kier alpha value is -3.93. The molecule has 0 bridgehead atoms. The summed E-state index contributed by atoms with van der Waals surface area (Å²) in [6.07, 6.45) is 1.59. The Morgan fingerprint density at radius 2 is 1.61 bits per heavy atom. The monoisotopic (exact) mass is 483 g/mol. The summed E-state index contributed by atoms with van der Waals surface area (Å²) in [6, 6.07) is 21.5. The van der Waals surface area contributed by atoms with Gasteiger partial charge >= 0.3 is 0 Å². The van der Waals surface area contributed by atoms with Crippen molar-refractivity contribution in [3.63, 3.8) is 0 Å². The molecule has 4 rings (SSSR count). The van der Waals surface area contributed by atoms with Crippen LogP contribution in [0.3, 0.4) is 0 Å². The van der Waals surface area contributed by atoms with Crippen LogP contribution in [0.5, 0.6) is 5.75 Å². The van der Waals surface area contributed by atoms with Gasteiger partial charge in [0.2, 0.25) is 5.91 Å². The number of hydrogen-bond acceptors (Lipinski definition) is 4. The Labute approximate surface area is 212 Å². The van der Waals surface area contributed by atoms with E-state index in [2.05, 4.69) is 24.4 Å². The normalized spacial score (nSPS) is 11.5. The number of anilines is 1. The Kier molecular flexibility index (Phi) is 7.25. The van der Waals surface area contributed by atoms with Crippen LogP contribution >= 0.6 is 0 Å². The molecular weight excluding hydrogens is 450 g/mol. The van der Waals surface area contributed by atoms with E-state index in [9.17, 15) is 9.59 Å². The number of rotatable bonds is 7. The fraction of sp³-hybridized carbons (Fsp3) is 0.300. The number of aromatic nitrogens is 2. The summed E-state index contributed by atoms with van der Waals surface area (Å²) in [5.41, 5.74) is 3.82. The molecule has 0 saturated heterocycles. The molecule has 4 aromatic rings. The molecule has 186 valence electrons. The standard InChI is InChI=1S/C30H33N3O3/c1-6-7-27-32-26-17-14-23(31-29(35)30(2,3)4)18-25(26)28(34)33(27)19-20-8-10-21(11-9-20)22-12-15-24(36-5)16-13-22/h8-18H,6-7,19H2,1-5H3,(H,31,35). The maximum atomic E-state index is 13.6. The molecule has 0 radical (unpaired) electrons. The number of ether oxygens (including phenoxy) is 1. The van der Waals surface area contributed by atoms with Gasteiger partial charge in [-0.1, -0.05) is 64.1 Å². The van der Waals surface area contributed by atoms with E-state index >= 15 is 0 Å². The molecule has 0 aliphatic carbocycles. The largest absolute Gasteiger partial charge is 0.497 e. The van der Waals surface area contributed by atoms with Crippen molar-refractivity contribution in [3.8, 4) is 16.9 Å². The molecule has 1 aromatic heterocycles. The fourth-order valence-electron chi connectivity index (χ4n) is 4.01. The average Bonchev–Trinajstić information content (AvgIpc) is 2.87. The van der Waals surface area contributed by atoms with Gasteiger partial charge in [-0.15, -0.1) is 0 Å². The minimum atomic E-state index is -0.531. The molecule has 0 atom stereocenters. The van der Waals surface area contributed by atoms with Gasteiger partial charge in [-0.2, -0.15) is 0 Å². The minimum absolute atomic E-state index is 0.102. The molecule has 36 heavy (non-hydrogen) atoms. The number of methoxy groups -OCH3 is 1. The molecule has 0 spiro atoms. The van der Waals surface area contributed by atoms with Crippen molar-refractivity contribution in [1.29, 1.82) is 0 Å². The summed E-state index contributed by atoms with van der Waals surface area (Å²) >= 11 is 0. The Balaban J connectivity index is 1.67. The summed E-state index contributed by atoms with van der Waals surface area (Å²) in [7, 11) is 1.66. The average molecular weight is 484 g/mol. The van der Waals surface area contributed by atoms with Crippen LogP contribution in [0.2, 0.25) is 0 Å². The van der Waals surface area contributed by atoms with Crippen LogP contribution in [-0.2, 0) is 17.8 Å². The second kappa shape index (κ2) is 10.4. The van der Waals surface area contributed by atoms with Crippen LogP contribution in [0.15, 0.2) is 71.5 Å². The van der Waals surface area contributed by atoms with Crippen LogP contribution in [-0.4, -0.2) is 22.6 Å². The first-order valence-corrected chi connectivity index (χ1v) is 12.3. The van der Waals surface area contributed by atoms with Gasteiger partial charge in [-0.3, -0.25) is 14.2 Å². The first-order chi connectivity index (χ1) is 17.2. The molecule has 0 saturated carbocycles. The number of amides is 1. The number of carbonyl (C=O) groups is 1. The molecule has 6 nitrogen and oxygen atoms in total. The lowest BCUT2D eigenvalue weighted by Gasteiger charge is -2.18. The number of aryl methyl sites for hydroxylation is 1. The third-order valence-corrected chi connectivity index (χ3v) is 6.16. The summed E-state index contributed by atoms with van der Waals surface area (Å²) < 4.78 is 7.00. The van der Waals surface area contributed by atoms with Gasteiger partial charge in [0, 0.05) is 17.5 Å². The molecular formula is C30H33N3O3. The first-order valence-electron chi connectivity index (χ1n) is 12.3. The van der Waals surface area contributed by atoms with Crippen LogP contribution < -0.4 is 15.6 Å². The highest BCUT2D eigenvalue weighted by molar-refractivity contribution is 5.96. The molecule has 1 N–H and O–H groups in total. The number of nitrogens with one attached hydrogen (secondary N) is 1. The van der Waals surface area contributed by atoms with Gasteiger partial charge < -0.3 is 10.1 Å². The Morgan fingerprint density at radius 1 is 0.972 bits per heavy atom. The molecule has 1 amide bonds. The summed E-state index contributed by atoms with van der Waals surface area (Å²) in [5.74, 6) is 1.48. The molecule has 0 aliphatic heterocycles. The second-order valence-corrected chi connectivity index (χ2v) is 10.0. The van der Waals surface area contributed by atoms with Gasteiger partial charge in [-0.25, -0.2) is 4.98 Å². The zero-order valence-electron chi connectivity index (χ0n) is 21.6. The number of fused-ring (bicyclic) bond motifs is 1. The molecule has 3 aromatic carbocycles. The molecule has 0 aliphatic rings. The second-order valence-electron chi connectivity index (χ2n) is 10.0. The van der Waals surface area contributed by atoms with Crippen molar-refractivity contribution >= 4 is 22.5 Å². The van der Waals surface area contributed by atoms with Gasteiger partial charge in [0.05, 0.1) is 24.6 Å². The Morgan fingerprint density at radius 3 is 2.19 bits per heavy atom. The quantitative estimate of drug-likeness (QED) is 0.347. The van der Waals surface area contributed by atoms with Crippen LogP contribution in [0.4, 0.5) is 5.69 Å². The van der Waals surface area contributed by atoms with E-state index < -0.39 is 5.41 Å². The van der Waals surface area contributed by atoms with Crippen LogP contribution in [0.25, 0.3) is 22.0 Å². The van der Waals surface area contributed by atoms with Gasteiger partial charge in [0.1, 0.15) is 11.6 Å². The van der Waals surface area contributed by atoms with E-state index in [4.69, 9.17) is 9.72 Å². The zero-order chi connectivity index (χ0) is 25.9. The van der Waals surface area contributed by atoms with Gasteiger partial charge in [0.25, 0.3) is 5.56 Å². The highest BCUT2D eigenvalue weighted by Crippen LogP contribution is 2.24. The van der Waals surface area contributed by atoms with Crippen molar-refractivity contribution < 1.29 is 9.53 Å². The van der Waals surface area contributed by atoms with Crippen LogP contribution in [0, 0.1) is 5.41 Å². The summed E-state index contributed by atoms with van der Waals surface area (Å²) in [5, 5.41) is 3.41. The maximum Gasteiger partial charge on any atom is 0.261 e. The van der Waals surface area contributed by atoms with E-state index in [0.717, 1.165) is 34.7 Å². The lowest BCUT2D eigenvalue weighted by Crippen LogP contribution is -2.28. The van der Waals surface area contributed by atoms with E-state index in [1.165, 1.54) is 0 Å². The highest BCUT2D eigenvalue weighted by Gasteiger charge is 2.21. The van der Waals surface area contributed by atoms with Crippen molar-refractivity contribution in [3.05, 3.63) is 88.5 Å². The van der Waals surface area contributed by atoms with E-state index in [0.29, 0.717) is 29.6 Å². The zero-order valence-corrected chi connectivity index (χ0v) is 21.6. The smallest absolute Gasteiger partial charge is 0.261 e. The number of hydrogen-bond donors (Lipinski definition) is 1. The number of benzene rings is 3. The van der Waals surface area contributed by atoms with Crippen molar-refractivity contribution in [2.45, 2.75) is 47.1 Å². The highest BCUT2D eigenvalue weighted by atomic mass is 16.5. The van der Waals surface area contributed by atoms with Crippen molar-refractivity contribution in [2.24, 2.45) is 5.41 Å². The topological polar surface area (TPSA) is 73.2 Å². The van der Waals surface area contributed by atoms with E-state index in [-0.39, 0.29) is 11.5 Å². The van der Waals surface area contributed by atoms with Gasteiger partial charge in [-0.05, 0) is 53.4 Å². The van der Waals surface area contributed by atoms with Crippen LogP contribution in [0.1, 0.15) is 45.5 Å². The first kappa shape index (κ1) is 25.2. The summed E-state index contributed by atoms with van der Waals surface area (Å²) in [6.45, 7) is 8.08. The SMILES string of the molecule is CCCc1nc2ccc(NC(=O)C(C)(C)C)cc2c(=O)n1Cc1ccc(-c2ccc(OC)cc2)cc1. The lowest BCUT2D eigenvalue weighted by molar-refractivity contribution is -0.123. The van der Waals surface area contributed by atoms with Crippen molar-refractivity contribution in [1.82, 2.24) is 9.55 Å². The fourth-order valence-corrected chi connectivity index (χ4v) is 4.01. The minimum Gasteiger partial charge on any atom is -0.497 e. The van der Waals surface area contributed by atoms with E-state index in [1.807, 2.05) is 63.2 Å². The lowest BCUT2D eigenvalue weighted by atomic mass is 9.95. The Bertz CT molecular complexity index is 1430. The summed E-state index contributed by atoms with van der Waals surface area (Å²) in [4.78, 5) is 30.9. The number of carbonyl (C=O) groups excluding carboxylic acids is 1. The third kappa shape index (κ3) is 5.48. The predicted molar refractivity (Wildman–Crippen MR) is 146 cm³/mol. The number of nitrogens with zero attached hydrogens (tertiary/aromatic N) is 2. The predicted octanol–water partition coefficient (Wildman–Crippen LogP) is 6.06. The third-order valence-electron chi connectivity index (χ3n) is 6.16. The molecule has 0 fully saturated rings. The molecule has 6 heteroatoms. The van der Waals surface area contributed by atoms with Crippen molar-refractivity contribution in [2.75, 3.05) is 12.4 Å². The van der Waals surface area contributed by atoms with E-state index in [1.54, 1.807) is 23.8 Å². The molecule has 1 heterocycles. The van der Waals surface area contributed by atoms with Gasteiger partial charge in [0.15, 0.2) is 0 Å².